The number of halogens is 1. The Hall–Kier alpha value is -1.06. The maximum absolute atomic E-state index is 6.34. The zero-order chi connectivity index (χ0) is 21.3. The van der Waals surface area contributed by atoms with Crippen LogP contribution in [0.25, 0.3) is 0 Å². The van der Waals surface area contributed by atoms with Crippen LogP contribution in [0.2, 0.25) is 0 Å². The number of benzene rings is 1. The van der Waals surface area contributed by atoms with Crippen LogP contribution < -0.4 is 15.4 Å². The Morgan fingerprint density at radius 3 is 2.52 bits per heavy atom. The van der Waals surface area contributed by atoms with Crippen LogP contribution in [0.4, 0.5) is 0 Å². The maximum Gasteiger partial charge on any atom is 0.191 e. The lowest BCUT2D eigenvalue weighted by Gasteiger charge is -2.37. The third-order valence-electron chi connectivity index (χ3n) is 6.53. The number of rotatable bonds is 8. The van der Waals surface area contributed by atoms with Crippen LogP contribution in [0.5, 0.6) is 5.75 Å². The van der Waals surface area contributed by atoms with Crippen LogP contribution in [0.1, 0.15) is 50.7 Å². The van der Waals surface area contributed by atoms with Gasteiger partial charge in [-0.3, -0.25) is 9.89 Å². The van der Waals surface area contributed by atoms with Crippen molar-refractivity contribution in [3.8, 4) is 5.75 Å². The fourth-order valence-electron chi connectivity index (χ4n) is 4.40. The van der Waals surface area contributed by atoms with Crippen LogP contribution in [0.15, 0.2) is 23.2 Å². The summed E-state index contributed by atoms with van der Waals surface area (Å²) in [6.45, 7) is 14.1. The van der Waals surface area contributed by atoms with Gasteiger partial charge >= 0.3 is 0 Å². The van der Waals surface area contributed by atoms with Crippen LogP contribution in [-0.4, -0.2) is 74.2 Å². The highest BCUT2D eigenvalue weighted by molar-refractivity contribution is 14.0. The lowest BCUT2D eigenvalue weighted by atomic mass is 10.1. The van der Waals surface area contributed by atoms with Crippen molar-refractivity contribution in [2.45, 2.75) is 65.1 Å². The quantitative estimate of drug-likeness (QED) is 0.298. The standard InChI is InChI=1S/C24H41N5O.HI/c1-5-28-12-14-29(15-13-28)20(3)17-26-24(25-4)27-18-21-11-10-19(2)16-23(21)30-22-8-6-7-9-22;/h10-11,16,20,22H,5-9,12-15,17-18H2,1-4H3,(H2,25,26,27);1H. The molecule has 1 aliphatic heterocycles. The summed E-state index contributed by atoms with van der Waals surface area (Å²) in [6.07, 6.45) is 5.29. The summed E-state index contributed by atoms with van der Waals surface area (Å²) >= 11 is 0. The Balaban J connectivity index is 0.00000341. The third-order valence-corrected chi connectivity index (χ3v) is 6.53. The topological polar surface area (TPSA) is 52.1 Å². The van der Waals surface area contributed by atoms with E-state index in [9.17, 15) is 0 Å². The summed E-state index contributed by atoms with van der Waals surface area (Å²) in [5.41, 5.74) is 2.44. The van der Waals surface area contributed by atoms with Crippen molar-refractivity contribution in [2.24, 2.45) is 4.99 Å². The van der Waals surface area contributed by atoms with E-state index in [0.717, 1.165) is 37.9 Å². The first-order valence-electron chi connectivity index (χ1n) is 11.8. The van der Waals surface area contributed by atoms with Crippen molar-refractivity contribution < 1.29 is 4.74 Å². The van der Waals surface area contributed by atoms with Crippen molar-refractivity contribution in [3.63, 3.8) is 0 Å². The van der Waals surface area contributed by atoms with Gasteiger partial charge in [0, 0.05) is 57.9 Å². The molecule has 1 aromatic carbocycles. The first kappa shape index (κ1) is 26.2. The molecular weight excluding hydrogens is 501 g/mol. The van der Waals surface area contributed by atoms with Gasteiger partial charge < -0.3 is 20.3 Å². The first-order valence-corrected chi connectivity index (χ1v) is 11.8. The lowest BCUT2D eigenvalue weighted by Crippen LogP contribution is -2.53. The van der Waals surface area contributed by atoms with Crippen molar-refractivity contribution in [2.75, 3.05) is 46.3 Å². The molecule has 2 aliphatic rings. The lowest BCUT2D eigenvalue weighted by molar-refractivity contribution is 0.107. The van der Waals surface area contributed by atoms with Crippen LogP contribution in [0, 0.1) is 6.92 Å². The highest BCUT2D eigenvalue weighted by atomic mass is 127. The number of aryl methyl sites for hydroxylation is 1. The molecule has 2 fully saturated rings. The molecule has 0 spiro atoms. The minimum atomic E-state index is 0. The van der Waals surface area contributed by atoms with E-state index in [1.165, 1.54) is 49.9 Å². The number of hydrogen-bond donors (Lipinski definition) is 2. The number of nitrogens with one attached hydrogen (secondary N) is 2. The van der Waals surface area contributed by atoms with E-state index in [4.69, 9.17) is 4.74 Å². The van der Waals surface area contributed by atoms with E-state index in [-0.39, 0.29) is 24.0 Å². The van der Waals surface area contributed by atoms with Gasteiger partial charge in [-0.25, -0.2) is 0 Å². The Morgan fingerprint density at radius 1 is 1.16 bits per heavy atom. The van der Waals surface area contributed by atoms with Crippen molar-refractivity contribution in [1.29, 1.82) is 0 Å². The molecule has 0 amide bonds. The fourth-order valence-corrected chi connectivity index (χ4v) is 4.40. The molecular formula is C24H42IN5O. The largest absolute Gasteiger partial charge is 0.490 e. The average molecular weight is 544 g/mol. The smallest absolute Gasteiger partial charge is 0.191 e. The number of aliphatic imine (C=N–C) groups is 1. The Bertz CT molecular complexity index is 685. The second-order valence-corrected chi connectivity index (χ2v) is 8.76. The molecule has 1 atom stereocenters. The summed E-state index contributed by atoms with van der Waals surface area (Å²) in [5.74, 6) is 1.87. The van der Waals surface area contributed by atoms with Gasteiger partial charge in [0.1, 0.15) is 5.75 Å². The van der Waals surface area contributed by atoms with E-state index in [1.54, 1.807) is 0 Å². The number of guanidine groups is 1. The molecule has 1 unspecified atom stereocenters. The SMILES string of the molecule is CCN1CCN(C(C)CNC(=NC)NCc2ccc(C)cc2OC2CCCC2)CC1.I. The van der Waals surface area contributed by atoms with Gasteiger partial charge in [0.25, 0.3) is 0 Å². The minimum Gasteiger partial charge on any atom is -0.490 e. The summed E-state index contributed by atoms with van der Waals surface area (Å²) < 4.78 is 6.34. The molecule has 2 N–H and O–H groups in total. The number of piperazine rings is 1. The molecule has 176 valence electrons. The molecule has 1 aliphatic carbocycles. The monoisotopic (exact) mass is 543 g/mol. The van der Waals surface area contributed by atoms with Gasteiger partial charge in [0.15, 0.2) is 5.96 Å². The van der Waals surface area contributed by atoms with Crippen LogP contribution >= 0.6 is 24.0 Å². The van der Waals surface area contributed by atoms with Crippen molar-refractivity contribution in [1.82, 2.24) is 20.4 Å². The highest BCUT2D eigenvalue weighted by Crippen LogP contribution is 2.27. The van der Waals surface area contributed by atoms with Crippen molar-refractivity contribution in [3.05, 3.63) is 29.3 Å². The van der Waals surface area contributed by atoms with Gasteiger partial charge in [-0.05, 0) is 57.7 Å². The van der Waals surface area contributed by atoms with E-state index < -0.39 is 0 Å². The molecule has 0 radical (unpaired) electrons. The number of ether oxygens (including phenoxy) is 1. The predicted molar refractivity (Wildman–Crippen MR) is 141 cm³/mol. The van der Waals surface area contributed by atoms with Gasteiger partial charge in [0.2, 0.25) is 0 Å². The molecule has 7 heteroatoms. The zero-order valence-corrected chi connectivity index (χ0v) is 22.2. The number of nitrogens with zero attached hydrogens (tertiary/aromatic N) is 3. The Kier molecular flexibility index (Phi) is 11.4. The maximum atomic E-state index is 6.34. The predicted octanol–water partition coefficient (Wildman–Crippen LogP) is 3.63. The first-order chi connectivity index (χ1) is 14.6. The average Bonchev–Trinajstić information content (AvgIpc) is 3.28. The van der Waals surface area contributed by atoms with E-state index in [0.29, 0.717) is 18.7 Å². The van der Waals surface area contributed by atoms with Gasteiger partial charge in [-0.15, -0.1) is 24.0 Å². The zero-order valence-electron chi connectivity index (χ0n) is 19.8. The Labute approximate surface area is 206 Å². The molecule has 1 saturated carbocycles. The minimum absolute atomic E-state index is 0. The summed E-state index contributed by atoms with van der Waals surface area (Å²) in [7, 11) is 1.84. The highest BCUT2D eigenvalue weighted by Gasteiger charge is 2.21. The fraction of sp³-hybridized carbons (Fsp3) is 0.708. The van der Waals surface area contributed by atoms with E-state index in [2.05, 4.69) is 64.4 Å². The summed E-state index contributed by atoms with van der Waals surface area (Å²) in [4.78, 5) is 9.51. The van der Waals surface area contributed by atoms with Gasteiger partial charge in [-0.1, -0.05) is 19.1 Å². The van der Waals surface area contributed by atoms with E-state index in [1.807, 2.05) is 7.05 Å². The molecule has 0 aromatic heterocycles. The van der Waals surface area contributed by atoms with Crippen LogP contribution in [0.3, 0.4) is 0 Å². The second-order valence-electron chi connectivity index (χ2n) is 8.76. The van der Waals surface area contributed by atoms with Crippen LogP contribution in [-0.2, 0) is 6.54 Å². The molecule has 1 aromatic rings. The summed E-state index contributed by atoms with van der Waals surface area (Å²) in [6, 6.07) is 7.00. The third kappa shape index (κ3) is 8.09. The summed E-state index contributed by atoms with van der Waals surface area (Å²) in [5, 5.41) is 6.99. The molecule has 1 heterocycles. The molecule has 31 heavy (non-hydrogen) atoms. The molecule has 1 saturated heterocycles. The van der Waals surface area contributed by atoms with Crippen molar-refractivity contribution >= 4 is 29.9 Å². The molecule has 0 bridgehead atoms. The van der Waals surface area contributed by atoms with E-state index >= 15 is 0 Å². The molecule has 6 nitrogen and oxygen atoms in total. The number of hydrogen-bond acceptors (Lipinski definition) is 4. The normalized spacial score (nSPS) is 19.7. The molecule has 3 rings (SSSR count). The van der Waals surface area contributed by atoms with Gasteiger partial charge in [0.05, 0.1) is 6.10 Å². The van der Waals surface area contributed by atoms with Gasteiger partial charge in [-0.2, -0.15) is 0 Å². The Morgan fingerprint density at radius 2 is 1.87 bits per heavy atom. The number of likely N-dealkylation sites (N-methyl/N-ethyl adjacent to an activating group) is 1. The second kappa shape index (κ2) is 13.5.